The van der Waals surface area contributed by atoms with Gasteiger partial charge in [0, 0.05) is 6.42 Å². The summed E-state index contributed by atoms with van der Waals surface area (Å²) < 4.78 is 5.83. The molecule has 2 N–H and O–H groups in total. The number of aliphatic carboxylic acids is 1. The number of hydrogen-bond donors (Lipinski definition) is 2. The molecule has 0 aliphatic rings. The molecule has 0 unspecified atom stereocenters. The Hall–Kier alpha value is -1.63. The number of nitrogens with one attached hydrogen (secondary N) is 1. The lowest BCUT2D eigenvalue weighted by Gasteiger charge is -2.30. The lowest BCUT2D eigenvalue weighted by Crippen LogP contribution is -2.50. The van der Waals surface area contributed by atoms with Gasteiger partial charge in [0.2, 0.25) is 5.91 Å². The molecule has 0 rings (SSSR count). The van der Waals surface area contributed by atoms with E-state index in [9.17, 15) is 14.4 Å². The van der Waals surface area contributed by atoms with Crippen molar-refractivity contribution >= 4 is 17.8 Å². The number of amides is 1. The number of hydrogen-bond acceptors (Lipinski definition) is 4. The van der Waals surface area contributed by atoms with E-state index in [1.54, 1.807) is 20.8 Å². The van der Waals surface area contributed by atoms with Crippen molar-refractivity contribution in [2.75, 3.05) is 27.7 Å². The molecule has 0 saturated heterocycles. The number of carboxylic acids is 1. The molecule has 0 saturated carbocycles. The van der Waals surface area contributed by atoms with E-state index in [-0.39, 0.29) is 31.1 Å². The Morgan fingerprint density at radius 2 is 1.68 bits per heavy atom. The molecule has 0 aliphatic heterocycles. The number of carboxylic acid groups (broad SMARTS) is 1. The number of carbonyl (C=O) groups excluding carboxylic acids is 2. The molecule has 0 aromatic rings. The van der Waals surface area contributed by atoms with Gasteiger partial charge in [0.05, 0.1) is 46.6 Å². The summed E-state index contributed by atoms with van der Waals surface area (Å²) in [6.45, 7) is 5.89. The average molecular weight is 317 g/mol. The van der Waals surface area contributed by atoms with Gasteiger partial charge >= 0.3 is 11.9 Å². The minimum atomic E-state index is -1.02. The Bertz CT molecular complexity index is 407. The fraction of sp³-hybridized carbons (Fsp3) is 0.800. The van der Waals surface area contributed by atoms with Crippen molar-refractivity contribution in [3.05, 3.63) is 0 Å². The van der Waals surface area contributed by atoms with Crippen molar-refractivity contribution in [1.29, 1.82) is 0 Å². The van der Waals surface area contributed by atoms with E-state index in [1.165, 1.54) is 0 Å². The van der Waals surface area contributed by atoms with E-state index in [1.807, 2.05) is 21.1 Å². The minimum absolute atomic E-state index is 0.0611. The largest absolute Gasteiger partial charge is 0.481 e. The van der Waals surface area contributed by atoms with Crippen LogP contribution in [-0.4, -0.2) is 66.8 Å². The average Bonchev–Trinajstić information content (AvgIpc) is 2.20. The molecular weight excluding hydrogens is 288 g/mol. The SMILES string of the molecule is CC(C)(C)OC(=O)C[C@@H](C[N+](C)(C)C)NC(=O)CCC(=O)O. The van der Waals surface area contributed by atoms with Crippen LogP contribution in [0.1, 0.15) is 40.0 Å². The van der Waals surface area contributed by atoms with Crippen LogP contribution in [0.2, 0.25) is 0 Å². The van der Waals surface area contributed by atoms with Crippen molar-refractivity contribution in [3.63, 3.8) is 0 Å². The van der Waals surface area contributed by atoms with E-state index in [2.05, 4.69) is 5.32 Å². The summed E-state index contributed by atoms with van der Waals surface area (Å²) in [4.78, 5) is 34.2. The van der Waals surface area contributed by atoms with Gasteiger partial charge in [-0.1, -0.05) is 0 Å². The number of rotatable bonds is 8. The summed E-state index contributed by atoms with van der Waals surface area (Å²) in [6, 6.07) is -0.392. The van der Waals surface area contributed by atoms with Crippen LogP contribution in [0.25, 0.3) is 0 Å². The van der Waals surface area contributed by atoms with Crippen molar-refractivity contribution < 1.29 is 28.7 Å². The van der Waals surface area contributed by atoms with Crippen LogP contribution in [0.5, 0.6) is 0 Å². The number of nitrogens with zero attached hydrogens (tertiary/aromatic N) is 1. The molecule has 0 bridgehead atoms. The first-order chi connectivity index (χ1) is 9.78. The van der Waals surface area contributed by atoms with Crippen molar-refractivity contribution in [2.24, 2.45) is 0 Å². The lowest BCUT2D eigenvalue weighted by molar-refractivity contribution is -0.871. The molecule has 7 heteroatoms. The predicted molar refractivity (Wildman–Crippen MR) is 82.2 cm³/mol. The van der Waals surface area contributed by atoms with Gasteiger partial charge in [0.1, 0.15) is 5.60 Å². The van der Waals surface area contributed by atoms with Crippen molar-refractivity contribution in [1.82, 2.24) is 5.32 Å². The first kappa shape index (κ1) is 20.4. The summed E-state index contributed by atoms with van der Waals surface area (Å²) >= 11 is 0. The van der Waals surface area contributed by atoms with Gasteiger partial charge in [-0.3, -0.25) is 14.4 Å². The monoisotopic (exact) mass is 317 g/mol. The second kappa shape index (κ2) is 8.12. The van der Waals surface area contributed by atoms with Crippen LogP contribution in [0.15, 0.2) is 0 Å². The molecule has 22 heavy (non-hydrogen) atoms. The normalized spacial score (nSPS) is 13.4. The molecule has 0 heterocycles. The highest BCUT2D eigenvalue weighted by Crippen LogP contribution is 2.10. The molecule has 7 nitrogen and oxygen atoms in total. The first-order valence-corrected chi connectivity index (χ1v) is 7.32. The Morgan fingerprint density at radius 1 is 1.14 bits per heavy atom. The highest BCUT2D eigenvalue weighted by molar-refractivity contribution is 5.81. The first-order valence-electron chi connectivity index (χ1n) is 7.32. The minimum Gasteiger partial charge on any atom is -0.481 e. The summed E-state index contributed by atoms with van der Waals surface area (Å²) in [7, 11) is 5.85. The molecule has 0 aromatic carbocycles. The summed E-state index contributed by atoms with van der Waals surface area (Å²) in [5.74, 6) is -1.78. The zero-order valence-corrected chi connectivity index (χ0v) is 14.4. The van der Waals surface area contributed by atoms with Gasteiger partial charge in [0.15, 0.2) is 0 Å². The Kier molecular flexibility index (Phi) is 7.52. The van der Waals surface area contributed by atoms with Gasteiger partial charge in [-0.15, -0.1) is 0 Å². The third-order valence-corrected chi connectivity index (χ3v) is 2.53. The molecule has 1 amide bonds. The number of esters is 1. The quantitative estimate of drug-likeness (QED) is 0.510. The molecule has 128 valence electrons. The lowest BCUT2D eigenvalue weighted by atomic mass is 10.1. The van der Waals surface area contributed by atoms with E-state index < -0.39 is 17.6 Å². The van der Waals surface area contributed by atoms with Gasteiger partial charge in [-0.05, 0) is 20.8 Å². The molecule has 0 radical (unpaired) electrons. The second-order valence-corrected chi connectivity index (χ2v) is 7.42. The summed E-state index contributed by atoms with van der Waals surface area (Å²) in [5.41, 5.74) is -0.578. The van der Waals surface area contributed by atoms with Crippen LogP contribution < -0.4 is 5.32 Å². The van der Waals surface area contributed by atoms with Gasteiger partial charge in [-0.2, -0.15) is 0 Å². The number of ether oxygens (including phenoxy) is 1. The van der Waals surface area contributed by atoms with E-state index in [0.29, 0.717) is 11.0 Å². The fourth-order valence-electron chi connectivity index (χ4n) is 1.93. The molecule has 0 spiro atoms. The summed E-state index contributed by atoms with van der Waals surface area (Å²) in [6.07, 6.45) is -0.266. The van der Waals surface area contributed by atoms with Crippen molar-refractivity contribution in [2.45, 2.75) is 51.7 Å². The van der Waals surface area contributed by atoms with Gasteiger partial charge in [0.25, 0.3) is 0 Å². The maximum Gasteiger partial charge on any atom is 0.308 e. The predicted octanol–water partition coefficient (Wildman–Crippen LogP) is 0.774. The molecular formula is C15H29N2O5+. The number of carbonyl (C=O) groups is 3. The second-order valence-electron chi connectivity index (χ2n) is 7.42. The topological polar surface area (TPSA) is 92.7 Å². The summed E-state index contributed by atoms with van der Waals surface area (Å²) in [5, 5.41) is 11.3. The molecule has 0 fully saturated rings. The van der Waals surface area contributed by atoms with Crippen LogP contribution in [0.3, 0.4) is 0 Å². The highest BCUT2D eigenvalue weighted by Gasteiger charge is 2.26. The van der Waals surface area contributed by atoms with Crippen LogP contribution in [0.4, 0.5) is 0 Å². The van der Waals surface area contributed by atoms with Gasteiger partial charge in [-0.25, -0.2) is 0 Å². The Balaban J connectivity index is 4.66. The smallest absolute Gasteiger partial charge is 0.308 e. The molecule has 0 aliphatic carbocycles. The van der Waals surface area contributed by atoms with E-state index >= 15 is 0 Å². The standard InChI is InChI=1S/C15H28N2O5/c1-15(2,3)22-14(21)9-11(10-17(4,5)6)16-12(18)7-8-13(19)20/h11H,7-10H2,1-6H3,(H-,16,18,19,20)/p+1/t11-/m0/s1. The van der Waals surface area contributed by atoms with Crippen LogP contribution >= 0.6 is 0 Å². The van der Waals surface area contributed by atoms with E-state index in [0.717, 1.165) is 0 Å². The third-order valence-electron chi connectivity index (χ3n) is 2.53. The van der Waals surface area contributed by atoms with Crippen LogP contribution in [-0.2, 0) is 19.1 Å². The number of quaternary nitrogens is 1. The number of likely N-dealkylation sites (N-methyl/N-ethyl adjacent to an activating group) is 1. The maximum atomic E-state index is 11.9. The highest BCUT2D eigenvalue weighted by atomic mass is 16.6. The van der Waals surface area contributed by atoms with Gasteiger partial charge < -0.3 is 19.6 Å². The Labute approximate surface area is 132 Å². The maximum absolute atomic E-state index is 11.9. The molecule has 0 aromatic heterocycles. The molecule has 1 atom stereocenters. The fourth-order valence-corrected chi connectivity index (χ4v) is 1.93. The zero-order chi connectivity index (χ0) is 17.6. The van der Waals surface area contributed by atoms with Crippen LogP contribution in [0, 0.1) is 0 Å². The Morgan fingerprint density at radius 3 is 2.09 bits per heavy atom. The van der Waals surface area contributed by atoms with Crippen molar-refractivity contribution in [3.8, 4) is 0 Å². The zero-order valence-electron chi connectivity index (χ0n) is 14.4. The van der Waals surface area contributed by atoms with E-state index in [4.69, 9.17) is 9.84 Å². The third kappa shape index (κ3) is 12.1.